The summed E-state index contributed by atoms with van der Waals surface area (Å²) >= 11 is 0. The van der Waals surface area contributed by atoms with Crippen molar-refractivity contribution in [3.8, 4) is 0 Å². The first-order valence-corrected chi connectivity index (χ1v) is 7.66. The first kappa shape index (κ1) is 17.2. The van der Waals surface area contributed by atoms with Gasteiger partial charge >= 0.3 is 5.97 Å². The highest BCUT2D eigenvalue weighted by atomic mass is 16.5. The lowest BCUT2D eigenvalue weighted by molar-refractivity contribution is -0.172. The van der Waals surface area contributed by atoms with Gasteiger partial charge in [-0.15, -0.1) is 0 Å². The maximum atomic E-state index is 13.0. The molecule has 1 aliphatic carbocycles. The summed E-state index contributed by atoms with van der Waals surface area (Å²) in [5.41, 5.74) is -1.97. The molecule has 116 valence electrons. The Bertz CT molecular complexity index is 357. The van der Waals surface area contributed by atoms with Gasteiger partial charge in [0, 0.05) is 6.61 Å². The zero-order valence-electron chi connectivity index (χ0n) is 13.5. The molecule has 1 saturated carbocycles. The van der Waals surface area contributed by atoms with Crippen LogP contribution in [-0.4, -0.2) is 30.6 Å². The second kappa shape index (κ2) is 6.70. The fourth-order valence-corrected chi connectivity index (χ4v) is 3.16. The number of hydrogen-bond donors (Lipinski definition) is 0. The van der Waals surface area contributed by atoms with Crippen molar-refractivity contribution in [3.63, 3.8) is 0 Å². The Morgan fingerprint density at radius 1 is 1.25 bits per heavy atom. The van der Waals surface area contributed by atoms with E-state index in [1.807, 2.05) is 6.92 Å². The number of ketones is 1. The quantitative estimate of drug-likeness (QED) is 0.555. The van der Waals surface area contributed by atoms with Crippen molar-refractivity contribution in [1.29, 1.82) is 0 Å². The lowest BCUT2D eigenvalue weighted by Crippen LogP contribution is -2.53. The van der Waals surface area contributed by atoms with Crippen LogP contribution in [0.15, 0.2) is 0 Å². The molecule has 0 aromatic rings. The lowest BCUT2D eigenvalue weighted by atomic mass is 9.69. The van der Waals surface area contributed by atoms with Crippen molar-refractivity contribution in [2.24, 2.45) is 11.3 Å². The van der Waals surface area contributed by atoms with E-state index in [9.17, 15) is 9.59 Å². The van der Waals surface area contributed by atoms with Crippen LogP contribution in [0.3, 0.4) is 0 Å². The highest BCUT2D eigenvalue weighted by Gasteiger charge is 2.52. The van der Waals surface area contributed by atoms with Crippen LogP contribution in [0.1, 0.15) is 60.3 Å². The number of carbonyl (C=O) groups excluding carboxylic acids is 2. The molecule has 2 atom stereocenters. The van der Waals surface area contributed by atoms with Crippen molar-refractivity contribution in [1.82, 2.24) is 0 Å². The van der Waals surface area contributed by atoms with Gasteiger partial charge in [0.1, 0.15) is 11.0 Å². The van der Waals surface area contributed by atoms with Crippen LogP contribution in [0.25, 0.3) is 0 Å². The molecule has 0 bridgehead atoms. The Kier molecular flexibility index (Phi) is 5.75. The van der Waals surface area contributed by atoms with E-state index in [-0.39, 0.29) is 12.4 Å². The molecule has 20 heavy (non-hydrogen) atoms. The van der Waals surface area contributed by atoms with Gasteiger partial charge in [-0.1, -0.05) is 13.3 Å². The third kappa shape index (κ3) is 3.40. The van der Waals surface area contributed by atoms with E-state index in [1.165, 1.54) is 0 Å². The van der Waals surface area contributed by atoms with E-state index in [4.69, 9.17) is 9.47 Å². The second-order valence-corrected chi connectivity index (χ2v) is 6.30. The van der Waals surface area contributed by atoms with E-state index >= 15 is 0 Å². The Morgan fingerprint density at radius 3 is 2.40 bits per heavy atom. The van der Waals surface area contributed by atoms with E-state index in [0.717, 1.165) is 12.8 Å². The minimum Gasteiger partial charge on any atom is -0.465 e. The Balaban J connectivity index is 3.01. The van der Waals surface area contributed by atoms with Gasteiger partial charge in [0.2, 0.25) is 0 Å². The minimum absolute atomic E-state index is 0.128. The Morgan fingerprint density at radius 2 is 1.90 bits per heavy atom. The van der Waals surface area contributed by atoms with E-state index in [0.29, 0.717) is 25.4 Å². The largest absolute Gasteiger partial charge is 0.465 e. The highest BCUT2D eigenvalue weighted by Crippen LogP contribution is 2.40. The van der Waals surface area contributed by atoms with Gasteiger partial charge in [-0.3, -0.25) is 9.59 Å². The maximum Gasteiger partial charge on any atom is 0.319 e. The van der Waals surface area contributed by atoms with Gasteiger partial charge in [0.15, 0.2) is 5.78 Å². The van der Waals surface area contributed by atoms with Crippen molar-refractivity contribution in [2.75, 3.05) is 13.2 Å². The fourth-order valence-electron chi connectivity index (χ4n) is 3.16. The second-order valence-electron chi connectivity index (χ2n) is 6.30. The molecule has 0 N–H and O–H groups in total. The van der Waals surface area contributed by atoms with Gasteiger partial charge in [0.05, 0.1) is 6.61 Å². The van der Waals surface area contributed by atoms with Gasteiger partial charge < -0.3 is 9.47 Å². The van der Waals surface area contributed by atoms with Gasteiger partial charge in [-0.2, -0.15) is 0 Å². The smallest absolute Gasteiger partial charge is 0.319 e. The number of carbonyl (C=O) groups is 2. The maximum absolute atomic E-state index is 13.0. The number of ether oxygens (including phenoxy) is 2. The molecule has 1 aliphatic rings. The molecule has 0 heterocycles. The first-order valence-electron chi connectivity index (χ1n) is 7.66. The molecule has 0 aromatic carbocycles. The summed E-state index contributed by atoms with van der Waals surface area (Å²) in [7, 11) is 0. The molecule has 0 aromatic heterocycles. The molecule has 4 heteroatoms. The molecule has 4 nitrogen and oxygen atoms in total. The van der Waals surface area contributed by atoms with Crippen LogP contribution in [0.5, 0.6) is 0 Å². The molecular formula is C16H28O4. The van der Waals surface area contributed by atoms with Gasteiger partial charge in [-0.25, -0.2) is 0 Å². The SMILES string of the molecule is CCOC(=O)C(C)(C)C(=O)C1(OCC)CCCC(C)C1. The predicted molar refractivity (Wildman–Crippen MR) is 77.4 cm³/mol. The van der Waals surface area contributed by atoms with Crippen LogP contribution in [0, 0.1) is 11.3 Å². The Hall–Kier alpha value is -0.900. The molecule has 0 aliphatic heterocycles. The molecule has 0 saturated heterocycles. The summed E-state index contributed by atoms with van der Waals surface area (Å²) in [5, 5.41) is 0. The molecule has 1 fully saturated rings. The number of esters is 1. The van der Waals surface area contributed by atoms with Crippen LogP contribution in [0.2, 0.25) is 0 Å². The topological polar surface area (TPSA) is 52.6 Å². The number of Topliss-reactive ketones (excluding diaryl/α,β-unsaturated/α-hetero) is 1. The summed E-state index contributed by atoms with van der Waals surface area (Å²) in [6.07, 6.45) is 3.48. The van der Waals surface area contributed by atoms with E-state index in [1.54, 1.807) is 20.8 Å². The monoisotopic (exact) mass is 284 g/mol. The lowest BCUT2D eigenvalue weighted by Gasteiger charge is -2.41. The zero-order valence-corrected chi connectivity index (χ0v) is 13.5. The van der Waals surface area contributed by atoms with Crippen molar-refractivity contribution in [3.05, 3.63) is 0 Å². The highest BCUT2D eigenvalue weighted by molar-refractivity contribution is 6.07. The average molecular weight is 284 g/mol. The standard InChI is InChI=1S/C16H28O4/c1-6-19-14(18)15(4,5)13(17)16(20-7-2)10-8-9-12(3)11-16/h12H,6-11H2,1-5H3. The summed E-state index contributed by atoms with van der Waals surface area (Å²) in [6.45, 7) is 9.84. The minimum atomic E-state index is -1.15. The van der Waals surface area contributed by atoms with E-state index < -0.39 is 17.0 Å². The van der Waals surface area contributed by atoms with Crippen LogP contribution < -0.4 is 0 Å². The average Bonchev–Trinajstić information content (AvgIpc) is 2.38. The normalized spacial score (nSPS) is 27.1. The predicted octanol–water partition coefficient (Wildman–Crippen LogP) is 3.13. The van der Waals surface area contributed by atoms with Crippen molar-refractivity contribution < 1.29 is 19.1 Å². The molecule has 1 rings (SSSR count). The van der Waals surface area contributed by atoms with Gasteiger partial charge in [-0.05, 0) is 52.9 Å². The molecular weight excluding hydrogens is 256 g/mol. The van der Waals surface area contributed by atoms with Crippen LogP contribution in [0.4, 0.5) is 0 Å². The van der Waals surface area contributed by atoms with Crippen molar-refractivity contribution in [2.45, 2.75) is 65.9 Å². The van der Waals surface area contributed by atoms with Gasteiger partial charge in [0.25, 0.3) is 0 Å². The third-order valence-corrected chi connectivity index (χ3v) is 4.14. The summed E-state index contributed by atoms with van der Waals surface area (Å²) in [4.78, 5) is 25.0. The van der Waals surface area contributed by atoms with Crippen LogP contribution in [-0.2, 0) is 19.1 Å². The van der Waals surface area contributed by atoms with E-state index in [2.05, 4.69) is 6.92 Å². The zero-order chi connectivity index (χ0) is 15.4. The molecule has 0 radical (unpaired) electrons. The number of rotatable bonds is 6. The van der Waals surface area contributed by atoms with Crippen LogP contribution >= 0.6 is 0 Å². The summed E-state index contributed by atoms with van der Waals surface area (Å²) < 4.78 is 10.9. The molecule has 0 spiro atoms. The fraction of sp³-hybridized carbons (Fsp3) is 0.875. The first-order chi connectivity index (χ1) is 9.30. The molecule has 0 amide bonds. The summed E-state index contributed by atoms with van der Waals surface area (Å²) in [5.74, 6) is -0.142. The Labute approximate surface area is 122 Å². The summed E-state index contributed by atoms with van der Waals surface area (Å²) in [6, 6.07) is 0. The molecule has 2 unspecified atom stereocenters. The third-order valence-electron chi connectivity index (χ3n) is 4.14. The number of hydrogen-bond acceptors (Lipinski definition) is 4. The van der Waals surface area contributed by atoms with Crippen molar-refractivity contribution >= 4 is 11.8 Å².